The molecule has 0 atom stereocenters. The number of nitrogens with one attached hydrogen (secondary N) is 1. The Hall–Kier alpha value is -3.12. The third kappa shape index (κ3) is 3.39. The summed E-state index contributed by atoms with van der Waals surface area (Å²) in [5.41, 5.74) is 5.71. The van der Waals surface area contributed by atoms with E-state index in [-0.39, 0.29) is 12.3 Å². The second-order valence-corrected chi connectivity index (χ2v) is 6.24. The van der Waals surface area contributed by atoms with Gasteiger partial charge in [-0.2, -0.15) is 0 Å². The molecule has 4 rings (SSSR count). The first-order valence-corrected chi connectivity index (χ1v) is 8.71. The van der Waals surface area contributed by atoms with Gasteiger partial charge in [0.1, 0.15) is 0 Å². The molecule has 5 nitrogen and oxygen atoms in total. The molecule has 1 amide bonds. The average molecular weight is 346 g/mol. The van der Waals surface area contributed by atoms with Gasteiger partial charge in [0.25, 0.3) is 0 Å². The number of anilines is 1. The van der Waals surface area contributed by atoms with Gasteiger partial charge in [0.2, 0.25) is 5.91 Å². The normalized spacial score (nSPS) is 10.7. The number of benzene rings is 1. The molecule has 0 spiro atoms. The van der Waals surface area contributed by atoms with Gasteiger partial charge in [-0.15, -0.1) is 11.3 Å². The van der Waals surface area contributed by atoms with E-state index in [1.165, 1.54) is 11.3 Å². The number of amides is 1. The Morgan fingerprint density at radius 1 is 1.12 bits per heavy atom. The lowest BCUT2D eigenvalue weighted by atomic mass is 10.1. The van der Waals surface area contributed by atoms with Gasteiger partial charge in [-0.25, -0.2) is 9.97 Å². The van der Waals surface area contributed by atoms with Crippen molar-refractivity contribution in [2.75, 3.05) is 5.32 Å². The summed E-state index contributed by atoms with van der Waals surface area (Å²) in [5.74, 6) is -0.105. The van der Waals surface area contributed by atoms with E-state index in [2.05, 4.69) is 15.3 Å². The zero-order valence-corrected chi connectivity index (χ0v) is 14.0. The summed E-state index contributed by atoms with van der Waals surface area (Å²) in [6.07, 6.45) is 3.76. The Kier molecular flexibility index (Phi) is 4.18. The lowest BCUT2D eigenvalue weighted by Gasteiger charge is -2.09. The summed E-state index contributed by atoms with van der Waals surface area (Å²) >= 11 is 1.48. The summed E-state index contributed by atoms with van der Waals surface area (Å²) in [4.78, 5) is 25.3. The van der Waals surface area contributed by atoms with Crippen molar-refractivity contribution in [3.8, 4) is 11.3 Å². The standard InChI is InChI=1S/C19H14N4OS/c24-18(9-15-11-25-12-21-15)22-17-5-1-3-13-6-7-16(23-19(13)17)14-4-2-8-20-10-14/h1-8,10-12H,9H2,(H,22,24). The van der Waals surface area contributed by atoms with E-state index in [4.69, 9.17) is 4.98 Å². The number of hydrogen-bond donors (Lipinski definition) is 1. The molecule has 0 bridgehead atoms. The zero-order valence-electron chi connectivity index (χ0n) is 13.2. The van der Waals surface area contributed by atoms with Gasteiger partial charge in [-0.3, -0.25) is 9.78 Å². The molecule has 0 saturated heterocycles. The minimum absolute atomic E-state index is 0.105. The van der Waals surface area contributed by atoms with Gasteiger partial charge in [0.05, 0.1) is 34.5 Å². The van der Waals surface area contributed by atoms with E-state index in [1.54, 1.807) is 17.9 Å². The van der Waals surface area contributed by atoms with E-state index in [1.807, 2.05) is 47.8 Å². The fourth-order valence-electron chi connectivity index (χ4n) is 2.61. The number of hydrogen-bond acceptors (Lipinski definition) is 5. The third-order valence-corrected chi connectivity index (χ3v) is 4.41. The van der Waals surface area contributed by atoms with Crippen LogP contribution in [0, 0.1) is 0 Å². The predicted octanol–water partition coefficient (Wildman–Crippen LogP) is 3.93. The first-order valence-electron chi connectivity index (χ1n) is 7.77. The molecule has 6 heteroatoms. The summed E-state index contributed by atoms with van der Waals surface area (Å²) in [7, 11) is 0. The maximum Gasteiger partial charge on any atom is 0.230 e. The molecule has 0 radical (unpaired) electrons. The first-order chi connectivity index (χ1) is 12.3. The quantitative estimate of drug-likeness (QED) is 0.608. The van der Waals surface area contributed by atoms with Gasteiger partial charge in [-0.1, -0.05) is 18.2 Å². The van der Waals surface area contributed by atoms with Crippen LogP contribution < -0.4 is 5.32 Å². The van der Waals surface area contributed by atoms with E-state index < -0.39 is 0 Å². The van der Waals surface area contributed by atoms with Crippen molar-refractivity contribution in [3.05, 3.63) is 71.4 Å². The molecule has 3 heterocycles. The largest absolute Gasteiger partial charge is 0.324 e. The molecular weight excluding hydrogens is 332 g/mol. The maximum absolute atomic E-state index is 12.3. The Balaban J connectivity index is 1.67. The molecule has 0 unspecified atom stereocenters. The van der Waals surface area contributed by atoms with Crippen LogP contribution in [0.4, 0.5) is 5.69 Å². The van der Waals surface area contributed by atoms with Gasteiger partial charge in [0, 0.05) is 28.7 Å². The van der Waals surface area contributed by atoms with Crippen molar-refractivity contribution in [1.29, 1.82) is 0 Å². The number of thiazole rings is 1. The van der Waals surface area contributed by atoms with Crippen molar-refractivity contribution in [2.45, 2.75) is 6.42 Å². The maximum atomic E-state index is 12.3. The SMILES string of the molecule is O=C(Cc1cscn1)Nc1cccc2ccc(-c3cccnc3)nc12. The molecule has 25 heavy (non-hydrogen) atoms. The summed E-state index contributed by atoms with van der Waals surface area (Å²) in [6.45, 7) is 0. The molecule has 0 saturated carbocycles. The van der Waals surface area contributed by atoms with Crippen molar-refractivity contribution >= 4 is 33.8 Å². The molecular formula is C19H14N4OS. The second-order valence-electron chi connectivity index (χ2n) is 5.52. The second kappa shape index (κ2) is 6.78. The highest BCUT2D eigenvalue weighted by Crippen LogP contribution is 2.25. The van der Waals surface area contributed by atoms with Crippen LogP contribution in [0.15, 0.2) is 65.7 Å². The Bertz CT molecular complexity index is 1020. The highest BCUT2D eigenvalue weighted by atomic mass is 32.1. The van der Waals surface area contributed by atoms with Gasteiger partial charge in [0.15, 0.2) is 0 Å². The number of pyridine rings is 2. The van der Waals surface area contributed by atoms with Crippen molar-refractivity contribution in [2.24, 2.45) is 0 Å². The molecule has 122 valence electrons. The highest BCUT2D eigenvalue weighted by molar-refractivity contribution is 7.07. The number of carbonyl (C=O) groups is 1. The number of fused-ring (bicyclic) bond motifs is 1. The Labute approximate surface area is 148 Å². The molecule has 1 aromatic carbocycles. The minimum atomic E-state index is -0.105. The number of rotatable bonds is 4. The predicted molar refractivity (Wildman–Crippen MR) is 99.4 cm³/mol. The topological polar surface area (TPSA) is 67.8 Å². The lowest BCUT2D eigenvalue weighted by molar-refractivity contribution is -0.115. The molecule has 0 fully saturated rings. The van der Waals surface area contributed by atoms with Crippen LogP contribution in [0.3, 0.4) is 0 Å². The number of aromatic nitrogens is 3. The zero-order chi connectivity index (χ0) is 17.1. The molecule has 4 aromatic rings. The van der Waals surface area contributed by atoms with Crippen LogP contribution in [0.2, 0.25) is 0 Å². The van der Waals surface area contributed by atoms with Crippen molar-refractivity contribution in [1.82, 2.24) is 15.0 Å². The summed E-state index contributed by atoms with van der Waals surface area (Å²) in [6, 6.07) is 13.5. The smallest absolute Gasteiger partial charge is 0.230 e. The number of para-hydroxylation sites is 1. The van der Waals surface area contributed by atoms with Crippen LogP contribution in [0.25, 0.3) is 22.2 Å². The number of nitrogens with zero attached hydrogens (tertiary/aromatic N) is 3. The van der Waals surface area contributed by atoms with Gasteiger partial charge >= 0.3 is 0 Å². The minimum Gasteiger partial charge on any atom is -0.324 e. The molecule has 0 aliphatic rings. The van der Waals surface area contributed by atoms with Crippen LogP contribution in [-0.2, 0) is 11.2 Å². The molecule has 3 aromatic heterocycles. The van der Waals surface area contributed by atoms with Gasteiger partial charge < -0.3 is 5.32 Å². The van der Waals surface area contributed by atoms with E-state index >= 15 is 0 Å². The Morgan fingerprint density at radius 3 is 2.88 bits per heavy atom. The summed E-state index contributed by atoms with van der Waals surface area (Å²) in [5, 5.41) is 5.80. The van der Waals surface area contributed by atoms with Crippen LogP contribution >= 0.6 is 11.3 Å². The molecule has 0 aliphatic carbocycles. The third-order valence-electron chi connectivity index (χ3n) is 3.78. The first kappa shape index (κ1) is 15.4. The molecule has 1 N–H and O–H groups in total. The van der Waals surface area contributed by atoms with E-state index in [9.17, 15) is 4.79 Å². The van der Waals surface area contributed by atoms with Crippen LogP contribution in [0.5, 0.6) is 0 Å². The number of carbonyl (C=O) groups excluding carboxylic acids is 1. The molecule has 0 aliphatic heterocycles. The fourth-order valence-corrected chi connectivity index (χ4v) is 3.17. The Morgan fingerprint density at radius 2 is 2.08 bits per heavy atom. The van der Waals surface area contributed by atoms with E-state index in [0.717, 1.165) is 27.9 Å². The van der Waals surface area contributed by atoms with E-state index in [0.29, 0.717) is 5.69 Å². The van der Waals surface area contributed by atoms with Crippen LogP contribution in [-0.4, -0.2) is 20.9 Å². The van der Waals surface area contributed by atoms with Crippen molar-refractivity contribution in [3.63, 3.8) is 0 Å². The van der Waals surface area contributed by atoms with Crippen molar-refractivity contribution < 1.29 is 4.79 Å². The van der Waals surface area contributed by atoms with Gasteiger partial charge in [-0.05, 0) is 24.3 Å². The summed E-state index contributed by atoms with van der Waals surface area (Å²) < 4.78 is 0. The average Bonchev–Trinajstić information content (AvgIpc) is 3.15. The monoisotopic (exact) mass is 346 g/mol. The fraction of sp³-hybridized carbons (Fsp3) is 0.0526. The van der Waals surface area contributed by atoms with Crippen LogP contribution in [0.1, 0.15) is 5.69 Å². The highest BCUT2D eigenvalue weighted by Gasteiger charge is 2.10. The lowest BCUT2D eigenvalue weighted by Crippen LogP contribution is -2.15.